The zero-order chi connectivity index (χ0) is 17.6. The zero-order valence-corrected chi connectivity index (χ0v) is 15.4. The number of carbonyl (C=O) groups excluding carboxylic acids is 1. The summed E-state index contributed by atoms with van der Waals surface area (Å²) in [4.78, 5) is 14.9. The van der Waals surface area contributed by atoms with E-state index >= 15 is 0 Å². The largest absolute Gasteiger partial charge is 0.352 e. The van der Waals surface area contributed by atoms with E-state index in [0.717, 1.165) is 43.1 Å². The number of benzene rings is 2. The molecule has 2 aromatic carbocycles. The molecule has 0 bridgehead atoms. The van der Waals surface area contributed by atoms with Crippen molar-refractivity contribution < 1.29 is 4.79 Å². The van der Waals surface area contributed by atoms with Crippen LogP contribution < -0.4 is 5.32 Å². The van der Waals surface area contributed by atoms with Crippen LogP contribution in [0, 0.1) is 12.8 Å². The van der Waals surface area contributed by atoms with Crippen molar-refractivity contribution in [1.29, 1.82) is 0 Å². The first-order valence-electron chi connectivity index (χ1n) is 8.91. The highest BCUT2D eigenvalue weighted by atomic mass is 35.5. The van der Waals surface area contributed by atoms with Crippen LogP contribution in [0.2, 0.25) is 5.02 Å². The fourth-order valence-corrected chi connectivity index (χ4v) is 3.61. The molecule has 0 aliphatic carbocycles. The van der Waals surface area contributed by atoms with Crippen molar-refractivity contribution >= 4 is 17.5 Å². The third-order valence-corrected chi connectivity index (χ3v) is 5.31. The molecule has 0 saturated carbocycles. The summed E-state index contributed by atoms with van der Waals surface area (Å²) < 4.78 is 0. The van der Waals surface area contributed by atoms with Crippen LogP contribution in [0.5, 0.6) is 0 Å². The Balaban J connectivity index is 1.55. The highest BCUT2D eigenvalue weighted by Crippen LogP contribution is 2.22. The third-order valence-electron chi connectivity index (χ3n) is 4.94. The average Bonchev–Trinajstić information content (AvgIpc) is 2.63. The van der Waals surface area contributed by atoms with Crippen LogP contribution >= 0.6 is 11.6 Å². The van der Waals surface area contributed by atoms with E-state index < -0.39 is 0 Å². The second-order valence-corrected chi connectivity index (χ2v) is 7.22. The number of rotatable bonds is 5. The van der Waals surface area contributed by atoms with Crippen molar-refractivity contribution in [2.45, 2.75) is 32.9 Å². The summed E-state index contributed by atoms with van der Waals surface area (Å²) in [5.41, 5.74) is 3.52. The first kappa shape index (κ1) is 18.0. The lowest BCUT2D eigenvalue weighted by Crippen LogP contribution is -2.42. The highest BCUT2D eigenvalue weighted by Gasteiger charge is 2.25. The topological polar surface area (TPSA) is 32.3 Å². The summed E-state index contributed by atoms with van der Waals surface area (Å²) in [6.07, 6.45) is 2.01. The predicted octanol–water partition coefficient (Wildman–Crippen LogP) is 4.18. The van der Waals surface area contributed by atoms with Crippen molar-refractivity contribution in [3.05, 3.63) is 70.2 Å². The molecule has 1 fully saturated rings. The van der Waals surface area contributed by atoms with Crippen LogP contribution in [-0.4, -0.2) is 23.9 Å². The molecular weight excluding hydrogens is 332 g/mol. The Bertz CT molecular complexity index is 731. The van der Waals surface area contributed by atoms with Gasteiger partial charge >= 0.3 is 0 Å². The Hall–Kier alpha value is -1.84. The Morgan fingerprint density at radius 3 is 2.64 bits per heavy atom. The quantitative estimate of drug-likeness (QED) is 0.871. The van der Waals surface area contributed by atoms with Gasteiger partial charge < -0.3 is 5.32 Å². The van der Waals surface area contributed by atoms with Gasteiger partial charge in [-0.1, -0.05) is 54.1 Å². The number of nitrogens with one attached hydrogen (secondary N) is 1. The fourth-order valence-electron chi connectivity index (χ4n) is 3.42. The van der Waals surface area contributed by atoms with Crippen LogP contribution in [0.4, 0.5) is 0 Å². The Labute approximate surface area is 155 Å². The van der Waals surface area contributed by atoms with Gasteiger partial charge in [0, 0.05) is 24.7 Å². The summed E-state index contributed by atoms with van der Waals surface area (Å²) in [6.45, 7) is 5.30. The number of amides is 1. The molecule has 1 N–H and O–H groups in total. The van der Waals surface area contributed by atoms with Gasteiger partial charge in [-0.2, -0.15) is 0 Å². The summed E-state index contributed by atoms with van der Waals surface area (Å²) >= 11 is 6.27. The molecule has 1 heterocycles. The monoisotopic (exact) mass is 356 g/mol. The predicted molar refractivity (Wildman–Crippen MR) is 102 cm³/mol. The number of aryl methyl sites for hydroxylation is 1. The van der Waals surface area contributed by atoms with E-state index in [4.69, 9.17) is 11.6 Å². The summed E-state index contributed by atoms with van der Waals surface area (Å²) in [5, 5.41) is 3.91. The summed E-state index contributed by atoms with van der Waals surface area (Å²) in [5.74, 6) is 0.215. The standard InChI is InChI=1S/C21H25ClN2O/c1-16-7-2-3-8-17(16)13-23-21(25)19-10-6-12-24(15-19)14-18-9-4-5-11-20(18)22/h2-5,7-9,11,19H,6,10,12-15H2,1H3,(H,23,25)/t19-/m0/s1. The summed E-state index contributed by atoms with van der Waals surface area (Å²) in [6, 6.07) is 16.1. The van der Waals surface area contributed by atoms with Gasteiger partial charge in [0.2, 0.25) is 5.91 Å². The maximum absolute atomic E-state index is 12.6. The van der Waals surface area contributed by atoms with Crippen LogP contribution in [-0.2, 0) is 17.9 Å². The van der Waals surface area contributed by atoms with Crippen molar-refractivity contribution in [2.24, 2.45) is 5.92 Å². The number of halogens is 1. The van der Waals surface area contributed by atoms with Crippen LogP contribution in [0.25, 0.3) is 0 Å². The van der Waals surface area contributed by atoms with Crippen LogP contribution in [0.3, 0.4) is 0 Å². The van der Waals surface area contributed by atoms with Crippen LogP contribution in [0.15, 0.2) is 48.5 Å². The second-order valence-electron chi connectivity index (χ2n) is 6.81. The van der Waals surface area contributed by atoms with Gasteiger partial charge in [0.05, 0.1) is 5.92 Å². The van der Waals surface area contributed by atoms with Gasteiger partial charge in [-0.15, -0.1) is 0 Å². The molecule has 25 heavy (non-hydrogen) atoms. The minimum Gasteiger partial charge on any atom is -0.352 e. The van der Waals surface area contributed by atoms with Gasteiger partial charge in [0.15, 0.2) is 0 Å². The molecule has 3 nitrogen and oxygen atoms in total. The Kier molecular flexibility index (Phi) is 6.11. The molecule has 1 saturated heterocycles. The Morgan fingerprint density at radius 1 is 1.16 bits per heavy atom. The Morgan fingerprint density at radius 2 is 1.88 bits per heavy atom. The summed E-state index contributed by atoms with van der Waals surface area (Å²) in [7, 11) is 0. The minimum absolute atomic E-state index is 0.0558. The third kappa shape index (κ3) is 4.83. The lowest BCUT2D eigenvalue weighted by molar-refractivity contribution is -0.126. The van der Waals surface area contributed by atoms with E-state index in [1.165, 1.54) is 11.1 Å². The normalized spacial score (nSPS) is 18.1. The van der Waals surface area contributed by atoms with E-state index in [1.54, 1.807) is 0 Å². The number of piperidine rings is 1. The van der Waals surface area contributed by atoms with E-state index in [2.05, 4.69) is 35.3 Å². The molecule has 0 aromatic heterocycles. The van der Waals surface area contributed by atoms with Crippen molar-refractivity contribution in [3.8, 4) is 0 Å². The lowest BCUT2D eigenvalue weighted by atomic mass is 9.96. The molecule has 2 aromatic rings. The molecule has 1 aliphatic heterocycles. The number of carbonyl (C=O) groups is 1. The van der Waals surface area contributed by atoms with Gasteiger partial charge in [-0.3, -0.25) is 9.69 Å². The number of likely N-dealkylation sites (tertiary alicyclic amines) is 1. The minimum atomic E-state index is 0.0558. The molecular formula is C21H25ClN2O. The average molecular weight is 357 g/mol. The van der Waals surface area contributed by atoms with Gasteiger partial charge in [0.1, 0.15) is 0 Å². The first-order valence-corrected chi connectivity index (χ1v) is 9.29. The molecule has 0 unspecified atom stereocenters. The highest BCUT2D eigenvalue weighted by molar-refractivity contribution is 6.31. The lowest BCUT2D eigenvalue weighted by Gasteiger charge is -2.32. The molecule has 1 atom stereocenters. The van der Waals surface area contributed by atoms with Crippen molar-refractivity contribution in [1.82, 2.24) is 10.2 Å². The zero-order valence-electron chi connectivity index (χ0n) is 14.7. The van der Waals surface area contributed by atoms with Gasteiger partial charge in [0.25, 0.3) is 0 Å². The second kappa shape index (κ2) is 8.50. The van der Waals surface area contributed by atoms with E-state index in [1.807, 2.05) is 30.3 Å². The van der Waals surface area contributed by atoms with E-state index in [0.29, 0.717) is 6.54 Å². The van der Waals surface area contributed by atoms with Gasteiger partial charge in [-0.25, -0.2) is 0 Å². The molecule has 0 spiro atoms. The number of hydrogen-bond donors (Lipinski definition) is 1. The maximum atomic E-state index is 12.6. The molecule has 1 aliphatic rings. The molecule has 4 heteroatoms. The van der Waals surface area contributed by atoms with Crippen LogP contribution in [0.1, 0.15) is 29.5 Å². The maximum Gasteiger partial charge on any atom is 0.224 e. The molecule has 1 amide bonds. The number of hydrogen-bond acceptors (Lipinski definition) is 2. The SMILES string of the molecule is Cc1ccccc1CNC(=O)[C@H]1CCCN(Cc2ccccc2Cl)C1. The van der Waals surface area contributed by atoms with Crippen molar-refractivity contribution in [2.75, 3.05) is 13.1 Å². The molecule has 0 radical (unpaired) electrons. The first-order chi connectivity index (χ1) is 12.1. The smallest absolute Gasteiger partial charge is 0.224 e. The van der Waals surface area contributed by atoms with Crippen molar-refractivity contribution in [3.63, 3.8) is 0 Å². The fraction of sp³-hybridized carbons (Fsp3) is 0.381. The molecule has 3 rings (SSSR count). The number of nitrogens with zero attached hydrogens (tertiary/aromatic N) is 1. The van der Waals surface area contributed by atoms with E-state index in [9.17, 15) is 4.79 Å². The van der Waals surface area contributed by atoms with Gasteiger partial charge in [-0.05, 0) is 49.1 Å². The molecule has 132 valence electrons. The van der Waals surface area contributed by atoms with E-state index in [-0.39, 0.29) is 11.8 Å².